The number of hydrogen-bond acceptors (Lipinski definition) is 3. The molecule has 0 radical (unpaired) electrons. The van der Waals surface area contributed by atoms with Gasteiger partial charge in [-0.25, -0.2) is 4.79 Å². The molecule has 0 aromatic rings. The molecule has 1 aliphatic heterocycles. The number of hydrogen-bond donors (Lipinski definition) is 0. The highest BCUT2D eigenvalue weighted by Gasteiger charge is 2.30. The molecule has 2 rings (SSSR count). The molecule has 0 spiro atoms. The van der Waals surface area contributed by atoms with Gasteiger partial charge in [0.25, 0.3) is 0 Å². The number of carbonyl (C=O) groups is 2. The van der Waals surface area contributed by atoms with Gasteiger partial charge in [-0.1, -0.05) is 12.8 Å². The van der Waals surface area contributed by atoms with E-state index in [4.69, 9.17) is 4.74 Å². The van der Waals surface area contributed by atoms with Crippen LogP contribution in [-0.4, -0.2) is 54.1 Å². The summed E-state index contributed by atoms with van der Waals surface area (Å²) >= 11 is 0. The highest BCUT2D eigenvalue weighted by Crippen LogP contribution is 2.27. The largest absolute Gasteiger partial charge is 0.444 e. The smallest absolute Gasteiger partial charge is 0.410 e. The van der Waals surface area contributed by atoms with E-state index in [1.54, 1.807) is 4.90 Å². The van der Waals surface area contributed by atoms with Gasteiger partial charge >= 0.3 is 6.09 Å². The van der Waals surface area contributed by atoms with Crippen LogP contribution < -0.4 is 0 Å². The van der Waals surface area contributed by atoms with E-state index in [-0.39, 0.29) is 12.0 Å². The maximum atomic E-state index is 12.4. The summed E-state index contributed by atoms with van der Waals surface area (Å²) in [6.07, 6.45) is 6.17. The van der Waals surface area contributed by atoms with Crippen molar-refractivity contribution in [3.63, 3.8) is 0 Å². The van der Waals surface area contributed by atoms with Gasteiger partial charge in [-0.15, -0.1) is 0 Å². The standard InChI is InChI=1S/C18H32N2O3/c1-18(2,3)23-17(22)20-11-9-14(10-12-20)13-19(4)16(21)15-7-5-6-8-15/h14-15H,5-13H2,1-4H3. The second-order valence-corrected chi connectivity index (χ2v) is 8.11. The molecule has 0 aromatic heterocycles. The van der Waals surface area contributed by atoms with Gasteiger partial charge < -0.3 is 14.5 Å². The van der Waals surface area contributed by atoms with E-state index in [0.717, 1.165) is 45.3 Å². The first kappa shape index (κ1) is 18.1. The lowest BCUT2D eigenvalue weighted by atomic mass is 9.96. The van der Waals surface area contributed by atoms with Crippen LogP contribution in [0.4, 0.5) is 4.79 Å². The molecule has 1 saturated carbocycles. The highest BCUT2D eigenvalue weighted by atomic mass is 16.6. The van der Waals surface area contributed by atoms with Crippen LogP contribution in [0.2, 0.25) is 0 Å². The number of carbonyl (C=O) groups excluding carboxylic acids is 2. The molecule has 0 N–H and O–H groups in total. The number of nitrogens with zero attached hydrogens (tertiary/aromatic N) is 2. The van der Waals surface area contributed by atoms with E-state index in [1.165, 1.54) is 12.8 Å². The van der Waals surface area contributed by atoms with Crippen LogP contribution in [0.3, 0.4) is 0 Å². The molecule has 132 valence electrons. The van der Waals surface area contributed by atoms with E-state index in [9.17, 15) is 9.59 Å². The van der Waals surface area contributed by atoms with Crippen molar-refractivity contribution in [3.8, 4) is 0 Å². The van der Waals surface area contributed by atoms with Crippen molar-refractivity contribution >= 4 is 12.0 Å². The fourth-order valence-corrected chi connectivity index (χ4v) is 3.59. The van der Waals surface area contributed by atoms with Crippen molar-refractivity contribution in [2.45, 2.75) is 64.9 Å². The van der Waals surface area contributed by atoms with Crippen molar-refractivity contribution in [2.75, 3.05) is 26.7 Å². The van der Waals surface area contributed by atoms with Gasteiger partial charge in [0.1, 0.15) is 5.60 Å². The maximum Gasteiger partial charge on any atom is 0.410 e. The lowest BCUT2D eigenvalue weighted by molar-refractivity contribution is -0.134. The zero-order valence-electron chi connectivity index (χ0n) is 15.1. The molecule has 0 bridgehead atoms. The van der Waals surface area contributed by atoms with Gasteiger partial charge in [0.15, 0.2) is 0 Å². The minimum Gasteiger partial charge on any atom is -0.444 e. The predicted octanol–water partition coefficient (Wildman–Crippen LogP) is 3.28. The molecular formula is C18H32N2O3. The normalized spacial score (nSPS) is 20.6. The average Bonchev–Trinajstić information content (AvgIpc) is 2.99. The number of rotatable bonds is 3. The molecule has 2 fully saturated rings. The van der Waals surface area contributed by atoms with E-state index in [2.05, 4.69) is 0 Å². The molecule has 5 nitrogen and oxygen atoms in total. The number of likely N-dealkylation sites (tertiary alicyclic amines) is 1. The first-order valence-electron chi connectivity index (χ1n) is 8.99. The second-order valence-electron chi connectivity index (χ2n) is 8.11. The van der Waals surface area contributed by atoms with Crippen molar-refractivity contribution in [1.29, 1.82) is 0 Å². The molecule has 1 heterocycles. The Kier molecular flexibility index (Phi) is 5.93. The van der Waals surface area contributed by atoms with Crippen LogP contribution in [0.1, 0.15) is 59.3 Å². The highest BCUT2D eigenvalue weighted by molar-refractivity contribution is 5.78. The van der Waals surface area contributed by atoms with Crippen LogP contribution in [0, 0.1) is 11.8 Å². The predicted molar refractivity (Wildman–Crippen MR) is 90.1 cm³/mol. The SMILES string of the molecule is CN(CC1CCN(C(=O)OC(C)(C)C)CC1)C(=O)C1CCCC1. The average molecular weight is 324 g/mol. The van der Waals surface area contributed by atoms with E-state index < -0.39 is 5.60 Å². The zero-order valence-corrected chi connectivity index (χ0v) is 15.1. The Hall–Kier alpha value is -1.26. The minimum absolute atomic E-state index is 0.216. The third-order valence-corrected chi connectivity index (χ3v) is 4.88. The Labute approximate surface area is 140 Å². The molecular weight excluding hydrogens is 292 g/mol. The molecule has 1 aliphatic carbocycles. The van der Waals surface area contributed by atoms with Gasteiger partial charge in [-0.2, -0.15) is 0 Å². The van der Waals surface area contributed by atoms with Crippen molar-refractivity contribution in [1.82, 2.24) is 9.80 Å². The monoisotopic (exact) mass is 324 g/mol. The lowest BCUT2D eigenvalue weighted by Gasteiger charge is -2.35. The number of piperidine rings is 1. The topological polar surface area (TPSA) is 49.9 Å². The number of amides is 2. The summed E-state index contributed by atoms with van der Waals surface area (Å²) < 4.78 is 5.42. The van der Waals surface area contributed by atoms with E-state index in [0.29, 0.717) is 11.8 Å². The first-order chi connectivity index (χ1) is 10.8. The van der Waals surface area contributed by atoms with Crippen LogP contribution >= 0.6 is 0 Å². The summed E-state index contributed by atoms with van der Waals surface area (Å²) in [7, 11) is 1.93. The van der Waals surface area contributed by atoms with Crippen molar-refractivity contribution in [2.24, 2.45) is 11.8 Å². The summed E-state index contributed by atoms with van der Waals surface area (Å²) in [5.74, 6) is 1.06. The summed E-state index contributed by atoms with van der Waals surface area (Å²) in [6.45, 7) is 7.94. The van der Waals surface area contributed by atoms with E-state index >= 15 is 0 Å². The molecule has 23 heavy (non-hydrogen) atoms. The Morgan fingerprint density at radius 1 is 1.09 bits per heavy atom. The first-order valence-corrected chi connectivity index (χ1v) is 8.99. The van der Waals surface area contributed by atoms with Gasteiger partial charge in [0.05, 0.1) is 0 Å². The molecule has 2 amide bonds. The minimum atomic E-state index is -0.443. The summed E-state index contributed by atoms with van der Waals surface area (Å²) in [6, 6.07) is 0. The molecule has 1 saturated heterocycles. The van der Waals surface area contributed by atoms with Gasteiger partial charge in [0.2, 0.25) is 5.91 Å². The maximum absolute atomic E-state index is 12.4. The van der Waals surface area contributed by atoms with E-state index in [1.807, 2.05) is 32.7 Å². The quantitative estimate of drug-likeness (QED) is 0.800. The van der Waals surface area contributed by atoms with Crippen molar-refractivity contribution in [3.05, 3.63) is 0 Å². The van der Waals surface area contributed by atoms with Crippen LogP contribution in [-0.2, 0) is 9.53 Å². The lowest BCUT2D eigenvalue weighted by Crippen LogP contribution is -2.44. The number of ether oxygens (including phenoxy) is 1. The van der Waals surface area contributed by atoms with Crippen LogP contribution in [0.25, 0.3) is 0 Å². The fraction of sp³-hybridized carbons (Fsp3) is 0.889. The second kappa shape index (κ2) is 7.54. The van der Waals surface area contributed by atoms with Crippen LogP contribution in [0.5, 0.6) is 0 Å². The fourth-order valence-electron chi connectivity index (χ4n) is 3.59. The van der Waals surface area contributed by atoms with Gasteiger partial charge in [0, 0.05) is 32.6 Å². The van der Waals surface area contributed by atoms with Crippen LogP contribution in [0.15, 0.2) is 0 Å². The molecule has 5 heteroatoms. The molecule has 0 aromatic carbocycles. The Morgan fingerprint density at radius 2 is 1.65 bits per heavy atom. The molecule has 0 atom stereocenters. The summed E-state index contributed by atoms with van der Waals surface area (Å²) in [5, 5.41) is 0. The Balaban J connectivity index is 1.73. The third kappa shape index (κ3) is 5.40. The van der Waals surface area contributed by atoms with Gasteiger partial charge in [-0.05, 0) is 52.4 Å². The summed E-state index contributed by atoms with van der Waals surface area (Å²) in [4.78, 5) is 28.2. The molecule has 2 aliphatic rings. The Bertz CT molecular complexity index is 416. The van der Waals surface area contributed by atoms with Gasteiger partial charge in [-0.3, -0.25) is 4.79 Å². The molecule has 0 unspecified atom stereocenters. The van der Waals surface area contributed by atoms with Crippen molar-refractivity contribution < 1.29 is 14.3 Å². The zero-order chi connectivity index (χ0) is 17.0. The Morgan fingerprint density at radius 3 is 2.17 bits per heavy atom. The summed E-state index contributed by atoms with van der Waals surface area (Å²) in [5.41, 5.74) is -0.443. The third-order valence-electron chi connectivity index (χ3n) is 4.88.